The van der Waals surface area contributed by atoms with E-state index in [9.17, 15) is 18.0 Å². The molecule has 0 spiro atoms. The lowest BCUT2D eigenvalue weighted by Gasteiger charge is -2.13. The molecule has 2 aromatic carbocycles. The Hall–Kier alpha value is -2.76. The second-order valence-corrected chi connectivity index (χ2v) is 4.52. The van der Waals surface area contributed by atoms with Crippen molar-refractivity contribution in [2.24, 2.45) is 0 Å². The fourth-order valence-corrected chi connectivity index (χ4v) is 2.26. The molecule has 3 aromatic rings. The zero-order valence-corrected chi connectivity index (χ0v) is 10.6. The average molecular weight is 290 g/mol. The van der Waals surface area contributed by atoms with Crippen LogP contribution >= 0.6 is 0 Å². The summed E-state index contributed by atoms with van der Waals surface area (Å²) in [6.07, 6.45) is 0. The SMILES string of the molecule is Nc1cc2ccccc2c(=O)n1-c1c(F)cc(F)cc1F. The van der Waals surface area contributed by atoms with Crippen LogP contribution in [0.2, 0.25) is 0 Å². The van der Waals surface area contributed by atoms with Crippen molar-refractivity contribution >= 4 is 16.6 Å². The fraction of sp³-hybridized carbons (Fsp3) is 0. The molecule has 0 aliphatic rings. The summed E-state index contributed by atoms with van der Waals surface area (Å²) >= 11 is 0. The highest BCUT2D eigenvalue weighted by Gasteiger charge is 2.18. The van der Waals surface area contributed by atoms with Gasteiger partial charge in [0, 0.05) is 17.5 Å². The largest absolute Gasteiger partial charge is 0.385 e. The predicted molar refractivity (Wildman–Crippen MR) is 73.8 cm³/mol. The van der Waals surface area contributed by atoms with E-state index in [4.69, 9.17) is 5.73 Å². The third-order valence-electron chi connectivity index (χ3n) is 3.16. The van der Waals surface area contributed by atoms with Crippen molar-refractivity contribution in [2.75, 3.05) is 5.73 Å². The van der Waals surface area contributed by atoms with Crippen molar-refractivity contribution in [3.05, 3.63) is 70.3 Å². The van der Waals surface area contributed by atoms with Crippen LogP contribution in [0.4, 0.5) is 19.0 Å². The molecule has 0 amide bonds. The Morgan fingerprint density at radius 3 is 2.24 bits per heavy atom. The first-order valence-electron chi connectivity index (χ1n) is 6.04. The second-order valence-electron chi connectivity index (χ2n) is 4.52. The molecule has 0 aliphatic carbocycles. The van der Waals surface area contributed by atoms with Crippen LogP contribution in [0.1, 0.15) is 0 Å². The molecular weight excluding hydrogens is 281 g/mol. The molecule has 6 heteroatoms. The van der Waals surface area contributed by atoms with Gasteiger partial charge in [0.25, 0.3) is 5.56 Å². The third-order valence-corrected chi connectivity index (χ3v) is 3.16. The van der Waals surface area contributed by atoms with Gasteiger partial charge in [-0.1, -0.05) is 18.2 Å². The van der Waals surface area contributed by atoms with E-state index >= 15 is 0 Å². The number of nitrogens with zero attached hydrogens (tertiary/aromatic N) is 1. The average Bonchev–Trinajstić information content (AvgIpc) is 2.41. The zero-order valence-electron chi connectivity index (χ0n) is 10.6. The van der Waals surface area contributed by atoms with Gasteiger partial charge in [0.1, 0.15) is 17.3 Å². The van der Waals surface area contributed by atoms with Crippen molar-refractivity contribution in [3.8, 4) is 5.69 Å². The topological polar surface area (TPSA) is 48.0 Å². The van der Waals surface area contributed by atoms with Gasteiger partial charge < -0.3 is 5.73 Å². The lowest BCUT2D eigenvalue weighted by Crippen LogP contribution is -2.23. The third kappa shape index (κ3) is 2.05. The Morgan fingerprint density at radius 1 is 0.952 bits per heavy atom. The molecule has 1 aromatic heterocycles. The monoisotopic (exact) mass is 290 g/mol. The number of rotatable bonds is 1. The standard InChI is InChI=1S/C15H9F3N2O/c16-9-6-11(17)14(12(18)7-9)20-13(19)5-8-3-1-2-4-10(8)15(20)21/h1-7H,19H2. The van der Waals surface area contributed by atoms with Gasteiger partial charge in [0.2, 0.25) is 0 Å². The van der Waals surface area contributed by atoms with Gasteiger partial charge in [-0.25, -0.2) is 13.2 Å². The number of benzene rings is 2. The van der Waals surface area contributed by atoms with Gasteiger partial charge in [0.15, 0.2) is 11.6 Å². The number of aromatic nitrogens is 1. The fourth-order valence-electron chi connectivity index (χ4n) is 2.26. The number of hydrogen-bond donors (Lipinski definition) is 1. The van der Waals surface area contributed by atoms with E-state index < -0.39 is 28.7 Å². The van der Waals surface area contributed by atoms with Crippen molar-refractivity contribution in [3.63, 3.8) is 0 Å². The number of pyridine rings is 1. The summed E-state index contributed by atoms with van der Waals surface area (Å²) in [6.45, 7) is 0. The van der Waals surface area contributed by atoms with Crippen LogP contribution in [0.15, 0.2) is 47.3 Å². The predicted octanol–water partition coefficient (Wildman–Crippen LogP) is 2.99. The molecule has 2 N–H and O–H groups in total. The molecule has 21 heavy (non-hydrogen) atoms. The number of nitrogen functional groups attached to an aromatic ring is 1. The molecule has 0 saturated carbocycles. The van der Waals surface area contributed by atoms with Crippen molar-refractivity contribution in [2.45, 2.75) is 0 Å². The van der Waals surface area contributed by atoms with Crippen LogP contribution in [0.3, 0.4) is 0 Å². The van der Waals surface area contributed by atoms with Gasteiger partial charge in [-0.05, 0) is 17.5 Å². The summed E-state index contributed by atoms with van der Waals surface area (Å²) in [5, 5.41) is 0.814. The molecule has 0 saturated heterocycles. The van der Waals surface area contributed by atoms with Crippen LogP contribution in [0.25, 0.3) is 16.5 Å². The van der Waals surface area contributed by atoms with Crippen LogP contribution in [-0.4, -0.2) is 4.57 Å². The maximum absolute atomic E-state index is 13.9. The van der Waals surface area contributed by atoms with Gasteiger partial charge in [-0.2, -0.15) is 0 Å². The van der Waals surface area contributed by atoms with Crippen molar-refractivity contribution in [1.82, 2.24) is 4.57 Å². The van der Waals surface area contributed by atoms with Crippen LogP contribution in [-0.2, 0) is 0 Å². The summed E-state index contributed by atoms with van der Waals surface area (Å²) in [4.78, 5) is 12.4. The van der Waals surface area contributed by atoms with E-state index in [2.05, 4.69) is 0 Å². The van der Waals surface area contributed by atoms with Gasteiger partial charge >= 0.3 is 0 Å². The molecule has 3 rings (SSSR count). The number of halogens is 3. The lowest BCUT2D eigenvalue weighted by molar-refractivity contribution is 0.533. The maximum atomic E-state index is 13.9. The molecule has 0 radical (unpaired) electrons. The van der Waals surface area contributed by atoms with E-state index in [0.29, 0.717) is 22.1 Å². The highest BCUT2D eigenvalue weighted by atomic mass is 19.1. The van der Waals surface area contributed by atoms with Crippen LogP contribution < -0.4 is 11.3 Å². The summed E-state index contributed by atoms with van der Waals surface area (Å²) < 4.78 is 41.4. The molecule has 0 aliphatic heterocycles. The highest BCUT2D eigenvalue weighted by molar-refractivity contribution is 5.84. The molecule has 0 fully saturated rings. The lowest BCUT2D eigenvalue weighted by atomic mass is 10.1. The summed E-state index contributed by atoms with van der Waals surface area (Å²) in [7, 11) is 0. The highest BCUT2D eigenvalue weighted by Crippen LogP contribution is 2.22. The van der Waals surface area contributed by atoms with E-state index in [1.807, 2.05) is 0 Å². The molecule has 0 unspecified atom stereocenters. The van der Waals surface area contributed by atoms with Gasteiger partial charge in [-0.3, -0.25) is 9.36 Å². The van der Waals surface area contributed by atoms with Crippen LogP contribution in [0, 0.1) is 17.5 Å². The Kier molecular flexibility index (Phi) is 2.94. The number of anilines is 1. The number of hydrogen-bond acceptors (Lipinski definition) is 2. The molecule has 3 nitrogen and oxygen atoms in total. The van der Waals surface area contributed by atoms with Crippen molar-refractivity contribution < 1.29 is 13.2 Å². The molecular formula is C15H9F3N2O. The van der Waals surface area contributed by atoms with E-state index in [-0.39, 0.29) is 11.2 Å². The van der Waals surface area contributed by atoms with Crippen LogP contribution in [0.5, 0.6) is 0 Å². The van der Waals surface area contributed by atoms with E-state index in [0.717, 1.165) is 0 Å². The first-order chi connectivity index (χ1) is 9.99. The smallest absolute Gasteiger partial charge is 0.264 e. The van der Waals surface area contributed by atoms with Crippen molar-refractivity contribution in [1.29, 1.82) is 0 Å². The Morgan fingerprint density at radius 2 is 1.57 bits per heavy atom. The summed E-state index contributed by atoms with van der Waals surface area (Å²) in [5.74, 6) is -3.60. The Bertz CT molecular complexity index is 895. The zero-order chi connectivity index (χ0) is 15.1. The minimum atomic E-state index is -1.20. The molecule has 0 bridgehead atoms. The molecule has 106 valence electrons. The number of fused-ring (bicyclic) bond motifs is 1. The first-order valence-corrected chi connectivity index (χ1v) is 6.04. The van der Waals surface area contributed by atoms with E-state index in [1.54, 1.807) is 18.2 Å². The summed E-state index contributed by atoms with van der Waals surface area (Å²) in [5.41, 5.74) is 4.37. The normalized spacial score (nSPS) is 11.0. The van der Waals surface area contributed by atoms with Gasteiger partial charge in [0.05, 0.1) is 0 Å². The quantitative estimate of drug-likeness (QED) is 0.749. The summed E-state index contributed by atoms with van der Waals surface area (Å²) in [6, 6.07) is 8.95. The molecule has 0 atom stereocenters. The minimum Gasteiger partial charge on any atom is -0.385 e. The minimum absolute atomic E-state index is 0.136. The maximum Gasteiger partial charge on any atom is 0.264 e. The number of nitrogens with two attached hydrogens (primary N) is 1. The Balaban J connectivity index is 2.44. The second kappa shape index (κ2) is 4.66. The first kappa shape index (κ1) is 13.2. The van der Waals surface area contributed by atoms with E-state index in [1.165, 1.54) is 12.1 Å². The Labute approximate surface area is 117 Å². The van der Waals surface area contributed by atoms with Gasteiger partial charge in [-0.15, -0.1) is 0 Å². The molecule has 1 heterocycles.